The van der Waals surface area contributed by atoms with Crippen LogP contribution in [0, 0.1) is 0 Å². The molecule has 1 amide bonds. The van der Waals surface area contributed by atoms with E-state index < -0.39 is 17.3 Å². The van der Waals surface area contributed by atoms with E-state index in [0.717, 1.165) is 57.1 Å². The number of benzene rings is 2. The molecule has 0 heterocycles. The van der Waals surface area contributed by atoms with Crippen LogP contribution < -0.4 is 15.5 Å². The molecule has 2 unspecified atom stereocenters. The quantitative estimate of drug-likeness (QED) is 0.114. The predicted molar refractivity (Wildman–Crippen MR) is 173 cm³/mol. The van der Waals surface area contributed by atoms with Gasteiger partial charge in [-0.15, -0.1) is 0 Å². The molecule has 0 fully saturated rings. The third kappa shape index (κ3) is 12.1. The summed E-state index contributed by atoms with van der Waals surface area (Å²) in [5, 5.41) is 2.88. The molecule has 3 aromatic rings. The monoisotopic (exact) mass is 585 g/mol. The van der Waals surface area contributed by atoms with Crippen LogP contribution in [0.3, 0.4) is 0 Å². The van der Waals surface area contributed by atoms with Gasteiger partial charge in [0.15, 0.2) is 5.43 Å². The average molecular weight is 586 g/mol. The maximum atomic E-state index is 12.8. The Morgan fingerprint density at radius 1 is 0.721 bits per heavy atom. The number of rotatable bonds is 19. The van der Waals surface area contributed by atoms with Gasteiger partial charge in [-0.05, 0) is 86.4 Å². The summed E-state index contributed by atoms with van der Waals surface area (Å²) < 4.78 is 11.6. The highest BCUT2D eigenvalue weighted by atomic mass is 16.5. The zero-order valence-electron chi connectivity index (χ0n) is 25.8. The van der Waals surface area contributed by atoms with Crippen LogP contribution in [-0.2, 0) is 4.74 Å². The van der Waals surface area contributed by atoms with Gasteiger partial charge < -0.3 is 14.8 Å². The first-order chi connectivity index (χ1) is 21.0. The summed E-state index contributed by atoms with van der Waals surface area (Å²) in [6.07, 6.45) is 9.80. The number of amides is 1. The first-order valence-corrected chi connectivity index (χ1v) is 15.9. The Kier molecular flexibility index (Phi) is 15.1. The van der Waals surface area contributed by atoms with Gasteiger partial charge in [-0.2, -0.15) is 0 Å². The summed E-state index contributed by atoms with van der Waals surface area (Å²) in [5.41, 5.74) is 1.15. The van der Waals surface area contributed by atoms with E-state index in [-0.39, 0.29) is 23.8 Å². The smallest absolute Gasteiger partial charge is 0.338 e. The molecule has 0 spiro atoms. The Hall–Kier alpha value is -3.93. The molecule has 0 aromatic heterocycles. The van der Waals surface area contributed by atoms with E-state index in [1.807, 2.05) is 36.4 Å². The molecule has 3 rings (SSSR count). The summed E-state index contributed by atoms with van der Waals surface area (Å²) >= 11 is 0. The minimum absolute atomic E-state index is 0.0152. The molecular weight excluding hydrogens is 538 g/mol. The van der Waals surface area contributed by atoms with Crippen molar-refractivity contribution in [2.75, 3.05) is 13.2 Å². The van der Waals surface area contributed by atoms with Crippen LogP contribution in [0.25, 0.3) is 0 Å². The van der Waals surface area contributed by atoms with Gasteiger partial charge in [-0.3, -0.25) is 9.59 Å². The third-order valence-electron chi connectivity index (χ3n) is 7.61. The molecule has 6 heteroatoms. The molecule has 0 aliphatic rings. The number of unbranched alkanes of at least 4 members (excludes halogenated alkanes) is 2. The molecule has 43 heavy (non-hydrogen) atoms. The molecule has 0 radical (unpaired) electrons. The molecule has 0 aliphatic heterocycles. The van der Waals surface area contributed by atoms with E-state index in [1.165, 1.54) is 36.2 Å². The lowest BCUT2D eigenvalue weighted by molar-refractivity contribution is 0.0480. The number of para-hydroxylation sites is 1. The maximum absolute atomic E-state index is 12.8. The SMILES string of the molecule is CCCCC(CCCOC(=O)c1ccc(C(=O)NCCCC(CCCC)c2ccccc2)c(=O)cc1)Oc1ccccc1. The van der Waals surface area contributed by atoms with Gasteiger partial charge in [0, 0.05) is 6.54 Å². The van der Waals surface area contributed by atoms with Crippen LogP contribution in [0.1, 0.15) is 110 Å². The third-order valence-corrected chi connectivity index (χ3v) is 7.61. The molecule has 1 N–H and O–H groups in total. The Morgan fingerprint density at radius 2 is 1.35 bits per heavy atom. The Balaban J connectivity index is 1.47. The Morgan fingerprint density at radius 3 is 2.07 bits per heavy atom. The maximum Gasteiger partial charge on any atom is 0.338 e. The van der Waals surface area contributed by atoms with Crippen LogP contribution in [0.15, 0.2) is 89.7 Å². The standard InChI is InChI=1S/C37H47NO5/c1-3-5-15-29(30-16-9-7-10-17-30)18-13-27-38-36(40)34-25-23-31(24-26-35(34)39)37(41)42-28-14-22-32(19-6-4-2)43-33-20-11-8-12-21-33/h7-12,16-17,20-21,23-26,29,32H,3-6,13-15,18-19,22,27-28H2,1-2H3,(H,38,40). The molecule has 0 bridgehead atoms. The molecule has 6 nitrogen and oxygen atoms in total. The fraction of sp³-hybridized carbons (Fsp3) is 0.432. The topological polar surface area (TPSA) is 81.7 Å². The fourth-order valence-electron chi connectivity index (χ4n) is 5.13. The van der Waals surface area contributed by atoms with Crippen LogP contribution in [0.5, 0.6) is 5.75 Å². The van der Waals surface area contributed by atoms with Crippen molar-refractivity contribution >= 4 is 11.9 Å². The summed E-state index contributed by atoms with van der Waals surface area (Å²) in [6.45, 7) is 5.08. The second-order valence-corrected chi connectivity index (χ2v) is 11.0. The zero-order valence-corrected chi connectivity index (χ0v) is 25.8. The molecular formula is C37H47NO5. The van der Waals surface area contributed by atoms with Gasteiger partial charge in [0.25, 0.3) is 5.91 Å². The van der Waals surface area contributed by atoms with E-state index in [1.54, 1.807) is 0 Å². The van der Waals surface area contributed by atoms with E-state index in [2.05, 4.69) is 43.4 Å². The van der Waals surface area contributed by atoms with E-state index in [9.17, 15) is 14.4 Å². The first-order valence-electron chi connectivity index (χ1n) is 15.9. The lowest BCUT2D eigenvalue weighted by atomic mass is 9.89. The zero-order chi connectivity index (χ0) is 30.7. The minimum Gasteiger partial charge on any atom is -0.490 e. The van der Waals surface area contributed by atoms with Gasteiger partial charge in [0.2, 0.25) is 0 Å². The highest BCUT2D eigenvalue weighted by Gasteiger charge is 2.15. The number of hydrogen-bond donors (Lipinski definition) is 1. The summed E-state index contributed by atoms with van der Waals surface area (Å²) in [4.78, 5) is 38.1. The summed E-state index contributed by atoms with van der Waals surface area (Å²) in [6, 6.07) is 25.8. The summed E-state index contributed by atoms with van der Waals surface area (Å²) in [7, 11) is 0. The van der Waals surface area contributed by atoms with E-state index in [0.29, 0.717) is 18.9 Å². The van der Waals surface area contributed by atoms with Gasteiger partial charge in [-0.25, -0.2) is 4.79 Å². The Bertz CT molecular complexity index is 1300. The molecule has 2 atom stereocenters. The fourth-order valence-corrected chi connectivity index (χ4v) is 5.13. The predicted octanol–water partition coefficient (Wildman–Crippen LogP) is 8.11. The normalized spacial score (nSPS) is 12.2. The van der Waals surface area contributed by atoms with Crippen molar-refractivity contribution in [3.63, 3.8) is 0 Å². The molecule has 0 aliphatic carbocycles. The van der Waals surface area contributed by atoms with Gasteiger partial charge in [0.05, 0.1) is 23.8 Å². The number of hydrogen-bond acceptors (Lipinski definition) is 5. The highest BCUT2D eigenvalue weighted by Crippen LogP contribution is 2.26. The van der Waals surface area contributed by atoms with Gasteiger partial charge in [-0.1, -0.05) is 88.1 Å². The number of carbonyl (C=O) groups is 2. The molecule has 230 valence electrons. The van der Waals surface area contributed by atoms with Gasteiger partial charge in [0.1, 0.15) is 5.75 Å². The first kappa shape index (κ1) is 33.6. The second kappa shape index (κ2) is 19.3. The van der Waals surface area contributed by atoms with Crippen LogP contribution in [0.4, 0.5) is 0 Å². The van der Waals surface area contributed by atoms with Crippen molar-refractivity contribution in [2.24, 2.45) is 0 Å². The minimum atomic E-state index is -0.518. The lowest BCUT2D eigenvalue weighted by Crippen LogP contribution is -2.28. The highest BCUT2D eigenvalue weighted by molar-refractivity contribution is 5.95. The number of carbonyl (C=O) groups excluding carboxylic acids is 2. The van der Waals surface area contributed by atoms with E-state index >= 15 is 0 Å². The van der Waals surface area contributed by atoms with Crippen LogP contribution >= 0.6 is 0 Å². The van der Waals surface area contributed by atoms with Crippen molar-refractivity contribution in [3.05, 3.63) is 112 Å². The number of esters is 1. The van der Waals surface area contributed by atoms with Crippen molar-refractivity contribution in [2.45, 2.75) is 90.1 Å². The second-order valence-electron chi connectivity index (χ2n) is 11.0. The van der Waals surface area contributed by atoms with Crippen molar-refractivity contribution in [1.82, 2.24) is 5.32 Å². The van der Waals surface area contributed by atoms with Crippen LogP contribution in [-0.4, -0.2) is 31.1 Å². The molecule has 0 saturated carbocycles. The number of ether oxygens (including phenoxy) is 2. The van der Waals surface area contributed by atoms with Crippen molar-refractivity contribution in [3.8, 4) is 5.75 Å². The van der Waals surface area contributed by atoms with Crippen LogP contribution in [0.2, 0.25) is 0 Å². The van der Waals surface area contributed by atoms with E-state index in [4.69, 9.17) is 9.47 Å². The Labute approximate surface area is 256 Å². The molecule has 0 saturated heterocycles. The lowest BCUT2D eigenvalue weighted by Gasteiger charge is -2.19. The van der Waals surface area contributed by atoms with Crippen molar-refractivity contribution in [1.29, 1.82) is 0 Å². The van der Waals surface area contributed by atoms with Crippen molar-refractivity contribution < 1.29 is 19.1 Å². The largest absolute Gasteiger partial charge is 0.490 e. The molecule has 3 aromatic carbocycles. The average Bonchev–Trinajstić information content (AvgIpc) is 3.23. The number of nitrogens with one attached hydrogen (secondary N) is 1. The van der Waals surface area contributed by atoms with Gasteiger partial charge >= 0.3 is 5.97 Å². The summed E-state index contributed by atoms with van der Waals surface area (Å²) in [5.74, 6) is 0.348.